The van der Waals surface area contributed by atoms with Gasteiger partial charge in [0.25, 0.3) is 0 Å². The molecule has 1 nitrogen and oxygen atoms in total. The van der Waals surface area contributed by atoms with Crippen LogP contribution in [0.25, 0.3) is 0 Å². The summed E-state index contributed by atoms with van der Waals surface area (Å²) in [6.07, 6.45) is 14.5. The Labute approximate surface area is 201 Å². The summed E-state index contributed by atoms with van der Waals surface area (Å²) >= 11 is 0. The number of hydrogen-bond donors (Lipinski definition) is 0. The fraction of sp³-hybridized carbons (Fsp3) is 0.806. The lowest BCUT2D eigenvalue weighted by Gasteiger charge is -2.38. The molecule has 0 bridgehead atoms. The van der Waals surface area contributed by atoms with Gasteiger partial charge in [-0.2, -0.15) is 0 Å². The molecule has 2 rings (SSSR count). The molecule has 0 N–H and O–H groups in total. The van der Waals surface area contributed by atoms with E-state index in [1.165, 1.54) is 80.2 Å². The van der Waals surface area contributed by atoms with Gasteiger partial charge in [0, 0.05) is 0 Å². The van der Waals surface area contributed by atoms with Crippen LogP contribution in [0.15, 0.2) is 12.1 Å². The van der Waals surface area contributed by atoms with Crippen molar-refractivity contribution in [2.24, 2.45) is 17.8 Å². The van der Waals surface area contributed by atoms with Gasteiger partial charge in [0.1, 0.15) is 11.4 Å². The Morgan fingerprint density at radius 1 is 0.875 bits per heavy atom. The third-order valence-corrected chi connectivity index (χ3v) is 7.76. The van der Waals surface area contributed by atoms with E-state index in [0.29, 0.717) is 0 Å². The summed E-state index contributed by atoms with van der Waals surface area (Å²) in [5.74, 6) is 3.77. The predicted molar refractivity (Wildman–Crippen MR) is 142 cm³/mol. The number of fused-ring (bicyclic) bond motifs is 1. The molecule has 0 saturated heterocycles. The molecular weight excluding hydrogens is 388 g/mol. The van der Waals surface area contributed by atoms with Crippen molar-refractivity contribution < 1.29 is 4.74 Å². The van der Waals surface area contributed by atoms with Gasteiger partial charge in [0.05, 0.1) is 0 Å². The summed E-state index contributed by atoms with van der Waals surface area (Å²) in [7, 11) is 0. The molecular formula is C31H54O. The maximum Gasteiger partial charge on any atom is 0.126 e. The minimum Gasteiger partial charge on any atom is -0.487 e. The van der Waals surface area contributed by atoms with Crippen LogP contribution in [0.3, 0.4) is 0 Å². The average molecular weight is 443 g/mol. The summed E-state index contributed by atoms with van der Waals surface area (Å²) in [4.78, 5) is 0. The fourth-order valence-electron chi connectivity index (χ4n) is 5.29. The Bertz CT molecular complexity index is 695. The van der Waals surface area contributed by atoms with E-state index in [-0.39, 0.29) is 11.0 Å². The average Bonchev–Trinajstić information content (AvgIpc) is 2.67. The van der Waals surface area contributed by atoms with Crippen LogP contribution in [-0.4, -0.2) is 5.60 Å². The molecule has 0 saturated carbocycles. The molecule has 3 atom stereocenters. The molecule has 1 heteroatoms. The number of rotatable bonds is 12. The largest absolute Gasteiger partial charge is 0.487 e. The molecule has 1 aliphatic rings. The zero-order valence-electron chi connectivity index (χ0n) is 23.1. The van der Waals surface area contributed by atoms with Crippen LogP contribution in [0.1, 0.15) is 136 Å². The highest BCUT2D eigenvalue weighted by Crippen LogP contribution is 2.40. The van der Waals surface area contributed by atoms with Crippen molar-refractivity contribution in [2.45, 2.75) is 144 Å². The van der Waals surface area contributed by atoms with Crippen LogP contribution >= 0.6 is 0 Å². The Kier molecular flexibility index (Phi) is 10.2. The maximum absolute atomic E-state index is 6.67. The monoisotopic (exact) mass is 442 g/mol. The van der Waals surface area contributed by atoms with Crippen molar-refractivity contribution in [1.29, 1.82) is 0 Å². The van der Waals surface area contributed by atoms with Gasteiger partial charge < -0.3 is 4.74 Å². The van der Waals surface area contributed by atoms with Gasteiger partial charge in [-0.05, 0) is 79.4 Å². The van der Waals surface area contributed by atoms with Crippen molar-refractivity contribution in [3.8, 4) is 5.75 Å². The second-order valence-electron chi connectivity index (χ2n) is 12.9. The summed E-state index contributed by atoms with van der Waals surface area (Å²) in [5.41, 5.74) is 4.37. The number of benzene rings is 1. The molecule has 32 heavy (non-hydrogen) atoms. The van der Waals surface area contributed by atoms with E-state index in [0.717, 1.165) is 30.6 Å². The van der Waals surface area contributed by atoms with Gasteiger partial charge in [-0.1, -0.05) is 106 Å². The molecule has 1 aromatic rings. The number of aryl methyl sites for hydroxylation is 2. The van der Waals surface area contributed by atoms with Crippen molar-refractivity contribution in [1.82, 2.24) is 0 Å². The Morgan fingerprint density at radius 2 is 1.44 bits per heavy atom. The van der Waals surface area contributed by atoms with Gasteiger partial charge in [0.15, 0.2) is 0 Å². The zero-order chi connectivity index (χ0) is 23.9. The second kappa shape index (κ2) is 11.9. The normalized spacial score (nSPS) is 20.7. The standard InChI is InChI=1S/C31H54O/c1-23(2)13-10-14-24(3)15-11-16-25(4)17-12-19-31(9)20-18-27-22-28(30(6,7)8)21-26(5)29(27)32-31/h21-25H,10-20H2,1-9H3. The first-order chi connectivity index (χ1) is 14.9. The van der Waals surface area contributed by atoms with E-state index in [2.05, 4.69) is 74.4 Å². The van der Waals surface area contributed by atoms with Crippen molar-refractivity contribution in [2.75, 3.05) is 0 Å². The van der Waals surface area contributed by atoms with Gasteiger partial charge in [-0.3, -0.25) is 0 Å². The highest BCUT2D eigenvalue weighted by Gasteiger charge is 2.33. The zero-order valence-corrected chi connectivity index (χ0v) is 23.1. The van der Waals surface area contributed by atoms with Crippen molar-refractivity contribution >= 4 is 0 Å². The molecule has 0 aromatic heterocycles. The molecule has 1 heterocycles. The minimum absolute atomic E-state index is 0.00561. The van der Waals surface area contributed by atoms with Crippen LogP contribution < -0.4 is 4.74 Å². The first-order valence-corrected chi connectivity index (χ1v) is 13.7. The summed E-state index contributed by atoms with van der Waals surface area (Å²) in [5, 5.41) is 0. The SMILES string of the molecule is Cc1cc(C(C)(C)C)cc2c1OC(C)(CCCC(C)CCCC(C)CCCC(C)C)CC2. The predicted octanol–water partition coefficient (Wildman–Crippen LogP) is 9.82. The Hall–Kier alpha value is -0.980. The van der Waals surface area contributed by atoms with E-state index in [1.54, 1.807) is 0 Å². The minimum atomic E-state index is 0.00561. The van der Waals surface area contributed by atoms with Crippen molar-refractivity contribution in [3.63, 3.8) is 0 Å². The van der Waals surface area contributed by atoms with Crippen LogP contribution in [0, 0.1) is 24.7 Å². The topological polar surface area (TPSA) is 9.23 Å². The molecule has 1 aliphatic heterocycles. The molecule has 3 unspecified atom stereocenters. The molecule has 0 spiro atoms. The smallest absolute Gasteiger partial charge is 0.126 e. The molecule has 0 amide bonds. The first-order valence-electron chi connectivity index (χ1n) is 13.7. The molecule has 184 valence electrons. The van der Waals surface area contributed by atoms with Crippen molar-refractivity contribution in [3.05, 3.63) is 28.8 Å². The third kappa shape index (κ3) is 8.75. The molecule has 0 fully saturated rings. The Morgan fingerprint density at radius 3 is 2.00 bits per heavy atom. The summed E-state index contributed by atoms with van der Waals surface area (Å²) in [6, 6.07) is 4.74. The van der Waals surface area contributed by atoms with Gasteiger partial charge in [-0.15, -0.1) is 0 Å². The number of ether oxygens (including phenoxy) is 1. The molecule has 0 radical (unpaired) electrons. The molecule has 0 aliphatic carbocycles. The highest BCUT2D eigenvalue weighted by atomic mass is 16.5. The highest BCUT2D eigenvalue weighted by molar-refractivity contribution is 5.47. The first kappa shape index (κ1) is 27.3. The Balaban J connectivity index is 1.73. The lowest BCUT2D eigenvalue weighted by Crippen LogP contribution is -2.37. The van der Waals surface area contributed by atoms with Crippen LogP contribution in [0.4, 0.5) is 0 Å². The van der Waals surface area contributed by atoms with E-state index >= 15 is 0 Å². The third-order valence-electron chi connectivity index (χ3n) is 7.76. The van der Waals surface area contributed by atoms with Gasteiger partial charge in [0.2, 0.25) is 0 Å². The van der Waals surface area contributed by atoms with E-state index in [1.807, 2.05) is 0 Å². The summed E-state index contributed by atoms with van der Waals surface area (Å²) < 4.78 is 6.67. The van der Waals surface area contributed by atoms with Crippen LogP contribution in [-0.2, 0) is 11.8 Å². The van der Waals surface area contributed by atoms with Gasteiger partial charge in [-0.25, -0.2) is 0 Å². The number of hydrogen-bond acceptors (Lipinski definition) is 1. The molecule has 1 aromatic carbocycles. The lowest BCUT2D eigenvalue weighted by atomic mass is 9.81. The summed E-state index contributed by atoms with van der Waals surface area (Å²) in [6.45, 7) is 21.1. The van der Waals surface area contributed by atoms with Gasteiger partial charge >= 0.3 is 0 Å². The van der Waals surface area contributed by atoms with Crippen LogP contribution in [0.2, 0.25) is 0 Å². The lowest BCUT2D eigenvalue weighted by molar-refractivity contribution is 0.0515. The van der Waals surface area contributed by atoms with E-state index < -0.39 is 0 Å². The van der Waals surface area contributed by atoms with Crippen LogP contribution in [0.5, 0.6) is 5.75 Å². The second-order valence-corrected chi connectivity index (χ2v) is 12.9. The van der Waals surface area contributed by atoms with E-state index in [9.17, 15) is 0 Å². The quantitative estimate of drug-likeness (QED) is 0.313. The maximum atomic E-state index is 6.67. The fourth-order valence-corrected chi connectivity index (χ4v) is 5.29. The van der Waals surface area contributed by atoms with E-state index in [4.69, 9.17) is 4.74 Å².